The number of anilines is 1. The van der Waals surface area contributed by atoms with Crippen molar-refractivity contribution >= 4 is 50.7 Å². The average molecular weight is 616 g/mol. The predicted molar refractivity (Wildman–Crippen MR) is 148 cm³/mol. The molecule has 1 unspecified atom stereocenters. The molecule has 40 heavy (non-hydrogen) atoms. The number of rotatable bonds is 10. The Morgan fingerprint density at radius 1 is 0.975 bits per heavy atom. The number of hydrogen-bond donors (Lipinski definition) is 1. The van der Waals surface area contributed by atoms with Gasteiger partial charge in [-0.25, -0.2) is 8.42 Å². The maximum absolute atomic E-state index is 13.8. The number of likely N-dealkylation sites (N-methyl/N-ethyl adjacent to an activating group) is 1. The Morgan fingerprint density at radius 2 is 1.60 bits per heavy atom. The molecule has 2 amide bonds. The summed E-state index contributed by atoms with van der Waals surface area (Å²) in [5.41, 5.74) is -1.08. The van der Waals surface area contributed by atoms with Crippen LogP contribution >= 0.6 is 23.2 Å². The van der Waals surface area contributed by atoms with Gasteiger partial charge in [-0.2, -0.15) is 13.2 Å². The number of sulfonamides is 1. The van der Waals surface area contributed by atoms with Crippen LogP contribution in [-0.4, -0.2) is 44.8 Å². The van der Waals surface area contributed by atoms with Crippen molar-refractivity contribution in [3.63, 3.8) is 0 Å². The van der Waals surface area contributed by atoms with Gasteiger partial charge in [0.25, 0.3) is 10.0 Å². The summed E-state index contributed by atoms with van der Waals surface area (Å²) in [6.45, 7) is 0.697. The summed E-state index contributed by atoms with van der Waals surface area (Å²) >= 11 is 11.7. The molecule has 3 aromatic rings. The van der Waals surface area contributed by atoms with Gasteiger partial charge in [0.05, 0.1) is 21.2 Å². The molecule has 3 rings (SSSR count). The van der Waals surface area contributed by atoms with Crippen LogP contribution in [0, 0.1) is 0 Å². The second-order valence-electron chi connectivity index (χ2n) is 8.67. The van der Waals surface area contributed by atoms with Gasteiger partial charge in [-0.1, -0.05) is 60.5 Å². The Bertz CT molecular complexity index is 1450. The van der Waals surface area contributed by atoms with Crippen molar-refractivity contribution in [2.45, 2.75) is 37.0 Å². The lowest BCUT2D eigenvalue weighted by Crippen LogP contribution is -2.51. The number of hydrogen-bond acceptors (Lipinski definition) is 4. The molecule has 0 saturated heterocycles. The van der Waals surface area contributed by atoms with Gasteiger partial charge in [-0.15, -0.1) is 0 Å². The minimum Gasteiger partial charge on any atom is -0.357 e. The van der Waals surface area contributed by atoms with Crippen LogP contribution in [0.1, 0.15) is 24.5 Å². The summed E-state index contributed by atoms with van der Waals surface area (Å²) in [7, 11) is -3.14. The van der Waals surface area contributed by atoms with Crippen LogP contribution in [-0.2, 0) is 32.3 Å². The summed E-state index contributed by atoms with van der Waals surface area (Å²) in [5.74, 6) is -1.30. The van der Waals surface area contributed by atoms with Crippen LogP contribution in [0.25, 0.3) is 0 Å². The standard InChI is InChI=1S/C27H26Cl2F3N3O4S/c1-3-24(26(37)33-2)34(16-18-9-11-19(28)12-10-18)25(36)17-35(40(38,39)21-7-5-4-6-8-21)20-13-14-23(29)22(15-20)27(30,31)32/h4-15,24H,3,16-17H2,1-2H3,(H,33,37). The van der Waals surface area contributed by atoms with E-state index in [2.05, 4.69) is 5.32 Å². The van der Waals surface area contributed by atoms with Gasteiger partial charge in [0.2, 0.25) is 11.8 Å². The molecule has 0 saturated carbocycles. The average Bonchev–Trinajstić information content (AvgIpc) is 2.92. The maximum Gasteiger partial charge on any atom is 0.417 e. The minimum absolute atomic E-state index is 0.0877. The molecular weight excluding hydrogens is 590 g/mol. The molecule has 0 aromatic heterocycles. The van der Waals surface area contributed by atoms with Gasteiger partial charge in [-0.3, -0.25) is 13.9 Å². The topological polar surface area (TPSA) is 86.8 Å². The fraction of sp³-hybridized carbons (Fsp3) is 0.259. The zero-order valence-electron chi connectivity index (χ0n) is 21.5. The third-order valence-electron chi connectivity index (χ3n) is 6.05. The minimum atomic E-state index is -4.88. The molecule has 0 fully saturated rings. The first-order valence-electron chi connectivity index (χ1n) is 12.0. The van der Waals surface area contributed by atoms with Gasteiger partial charge >= 0.3 is 6.18 Å². The van der Waals surface area contributed by atoms with Crippen LogP contribution < -0.4 is 9.62 Å². The SMILES string of the molecule is CCC(C(=O)NC)N(Cc1ccc(Cl)cc1)C(=O)CN(c1ccc(Cl)c(C(F)(F)F)c1)S(=O)(=O)c1ccccc1. The van der Waals surface area contributed by atoms with Gasteiger partial charge in [0.1, 0.15) is 12.6 Å². The quantitative estimate of drug-likeness (QED) is 0.314. The Labute approximate surface area is 240 Å². The number of nitrogens with one attached hydrogen (secondary N) is 1. The number of alkyl halides is 3. The van der Waals surface area contributed by atoms with E-state index in [-0.39, 0.29) is 17.9 Å². The summed E-state index contributed by atoms with van der Waals surface area (Å²) in [6, 6.07) is 15.1. The van der Waals surface area contributed by atoms with Crippen LogP contribution in [0.5, 0.6) is 0 Å². The molecule has 7 nitrogen and oxygen atoms in total. The van der Waals surface area contributed by atoms with Crippen molar-refractivity contribution in [3.8, 4) is 0 Å². The lowest BCUT2D eigenvalue weighted by molar-refractivity contribution is -0.140. The second-order valence-corrected chi connectivity index (χ2v) is 11.4. The molecule has 0 radical (unpaired) electrons. The lowest BCUT2D eigenvalue weighted by Gasteiger charge is -2.33. The number of amides is 2. The van der Waals surface area contributed by atoms with Crippen LogP contribution in [0.2, 0.25) is 10.0 Å². The highest BCUT2D eigenvalue weighted by Gasteiger charge is 2.37. The molecule has 13 heteroatoms. The van der Waals surface area contributed by atoms with Gasteiger partial charge in [0.15, 0.2) is 0 Å². The predicted octanol–water partition coefficient (Wildman–Crippen LogP) is 5.76. The first kappa shape index (κ1) is 31.3. The van der Waals surface area contributed by atoms with E-state index >= 15 is 0 Å². The van der Waals surface area contributed by atoms with Crippen molar-refractivity contribution in [3.05, 3.63) is 94.0 Å². The third-order valence-corrected chi connectivity index (χ3v) is 8.42. The summed E-state index contributed by atoms with van der Waals surface area (Å²) in [4.78, 5) is 27.5. The highest BCUT2D eigenvalue weighted by Crippen LogP contribution is 2.38. The molecule has 214 valence electrons. The highest BCUT2D eigenvalue weighted by molar-refractivity contribution is 7.92. The molecule has 3 aromatic carbocycles. The Hall–Kier alpha value is -3.28. The molecule has 0 bridgehead atoms. The fourth-order valence-electron chi connectivity index (χ4n) is 4.01. The lowest BCUT2D eigenvalue weighted by atomic mass is 10.1. The number of benzene rings is 3. The summed E-state index contributed by atoms with van der Waals surface area (Å²) in [5, 5.41) is 2.31. The number of halogens is 5. The van der Waals surface area contributed by atoms with E-state index in [0.717, 1.165) is 12.1 Å². The Kier molecular flexibility index (Phi) is 10.1. The molecule has 0 aliphatic heterocycles. The first-order chi connectivity index (χ1) is 18.8. The largest absolute Gasteiger partial charge is 0.417 e. The van der Waals surface area contributed by atoms with Gasteiger partial charge in [0, 0.05) is 18.6 Å². The second kappa shape index (κ2) is 12.9. The number of nitrogens with zero attached hydrogens (tertiary/aromatic N) is 2. The Morgan fingerprint density at radius 3 is 2.15 bits per heavy atom. The number of carbonyl (C=O) groups excluding carboxylic acids is 2. The Balaban J connectivity index is 2.13. The van der Waals surface area contributed by atoms with Crippen molar-refractivity contribution in [2.75, 3.05) is 17.9 Å². The number of carbonyl (C=O) groups is 2. The van der Waals surface area contributed by atoms with E-state index in [0.29, 0.717) is 21.0 Å². The molecule has 0 aliphatic carbocycles. The van der Waals surface area contributed by atoms with E-state index in [1.807, 2.05) is 0 Å². The third kappa shape index (κ3) is 7.26. The van der Waals surface area contributed by atoms with E-state index in [1.165, 1.54) is 36.2 Å². The van der Waals surface area contributed by atoms with Crippen LogP contribution in [0.3, 0.4) is 0 Å². The summed E-state index contributed by atoms with van der Waals surface area (Å²) in [6.07, 6.45) is -4.70. The van der Waals surface area contributed by atoms with E-state index in [1.54, 1.807) is 37.3 Å². The zero-order chi connectivity index (χ0) is 29.7. The van der Waals surface area contributed by atoms with Crippen molar-refractivity contribution in [1.29, 1.82) is 0 Å². The van der Waals surface area contributed by atoms with E-state index in [9.17, 15) is 31.2 Å². The fourth-order valence-corrected chi connectivity index (χ4v) is 5.78. The van der Waals surface area contributed by atoms with Crippen molar-refractivity contribution in [1.82, 2.24) is 10.2 Å². The zero-order valence-corrected chi connectivity index (χ0v) is 23.8. The first-order valence-corrected chi connectivity index (χ1v) is 14.2. The molecular formula is C27H26Cl2F3N3O4S. The molecule has 0 aliphatic rings. The molecule has 1 N–H and O–H groups in total. The van der Waals surface area contributed by atoms with Crippen LogP contribution in [0.4, 0.5) is 18.9 Å². The van der Waals surface area contributed by atoms with Crippen LogP contribution in [0.15, 0.2) is 77.7 Å². The maximum atomic E-state index is 13.8. The van der Waals surface area contributed by atoms with Gasteiger partial charge < -0.3 is 10.2 Å². The smallest absolute Gasteiger partial charge is 0.357 e. The summed E-state index contributed by atoms with van der Waals surface area (Å²) < 4.78 is 69.0. The van der Waals surface area contributed by atoms with Crippen molar-refractivity contribution in [2.24, 2.45) is 0 Å². The normalized spacial score (nSPS) is 12.5. The van der Waals surface area contributed by atoms with Crippen molar-refractivity contribution < 1.29 is 31.2 Å². The monoisotopic (exact) mass is 615 g/mol. The van der Waals surface area contributed by atoms with E-state index < -0.39 is 56.9 Å². The molecule has 1 atom stereocenters. The van der Waals surface area contributed by atoms with Gasteiger partial charge in [-0.05, 0) is 54.4 Å². The molecule has 0 heterocycles. The molecule has 0 spiro atoms. The highest BCUT2D eigenvalue weighted by atomic mass is 35.5. The van der Waals surface area contributed by atoms with E-state index in [4.69, 9.17) is 23.2 Å².